The molecule has 4 aromatic rings. The summed E-state index contributed by atoms with van der Waals surface area (Å²) in [5.74, 6) is -3.12. The van der Waals surface area contributed by atoms with E-state index in [2.05, 4.69) is 86.5 Å². The molecule has 12 nitrogen and oxygen atoms in total. The Morgan fingerprint density at radius 2 is 0.750 bits per heavy atom. The molecule has 0 bridgehead atoms. The van der Waals surface area contributed by atoms with Gasteiger partial charge in [0.1, 0.15) is 0 Å². The molecule has 0 aliphatic carbocycles. The van der Waals surface area contributed by atoms with Crippen LogP contribution < -0.4 is 31.9 Å². The molecule has 0 saturated carbocycles. The number of carboxylic acids is 3. The van der Waals surface area contributed by atoms with Crippen LogP contribution in [0.2, 0.25) is 0 Å². The molecule has 12 heteroatoms. The zero-order valence-corrected chi connectivity index (χ0v) is 34.3. The van der Waals surface area contributed by atoms with Crippen molar-refractivity contribution in [2.45, 2.75) is 58.2 Å². The van der Waals surface area contributed by atoms with Gasteiger partial charge in [-0.25, -0.2) is 0 Å². The summed E-state index contributed by atoms with van der Waals surface area (Å²) in [4.78, 5) is 36.6. The Bertz CT molecular complexity index is 1830. The van der Waals surface area contributed by atoms with Gasteiger partial charge in [0.25, 0.3) is 0 Å². The Morgan fingerprint density at radius 3 is 1.00 bits per heavy atom. The third-order valence-corrected chi connectivity index (χ3v) is 12.7. The average Bonchev–Trinajstić information content (AvgIpc) is 4.08. The number of nitrogens with one attached hydrogen (secondary N) is 6. The summed E-state index contributed by atoms with van der Waals surface area (Å²) in [5.41, 5.74) is 8.93. The second-order valence-electron chi connectivity index (χ2n) is 17.0. The molecule has 6 unspecified atom stereocenters. The minimum absolute atomic E-state index is 0.127. The van der Waals surface area contributed by atoms with E-state index in [1.807, 2.05) is 36.4 Å². The summed E-state index contributed by atoms with van der Waals surface area (Å²) < 4.78 is 0. The predicted octanol–water partition coefficient (Wildman–Crippen LogP) is 6.08. The van der Waals surface area contributed by atoms with Crippen molar-refractivity contribution in [1.29, 1.82) is 0 Å². The molecule has 9 N–H and O–H groups in total. The van der Waals surface area contributed by atoms with Crippen LogP contribution in [-0.4, -0.2) is 72.5 Å². The first kappa shape index (κ1) is 42.7. The minimum atomic E-state index is -0.743. The van der Waals surface area contributed by atoms with Crippen molar-refractivity contribution in [2.75, 3.05) is 55.2 Å². The molecule has 60 heavy (non-hydrogen) atoms. The van der Waals surface area contributed by atoms with E-state index in [9.17, 15) is 29.7 Å². The Morgan fingerprint density at radius 1 is 0.467 bits per heavy atom. The summed E-state index contributed by atoms with van der Waals surface area (Å²) in [5, 5.41) is 50.8. The van der Waals surface area contributed by atoms with Gasteiger partial charge < -0.3 is 47.2 Å². The SMILES string of the molecule is O=C(O)C(Cc1cccc(CNc2cc(NCc3cccc(CC(C(=O)O)C4CCNC4)c3)cc(NCc3cccc(CC(C(=O)O)C4CCNC4)c3)c2)c1)C1CCNC1. The standard InChI is InChI=1S/C48H60N6O6/c55-46(56)43(37-10-13-49-28-37)19-31-4-1-7-34(16-31)25-52-40-22-41(53-26-35-8-2-5-32(17-35)20-44(47(57)58)38-11-14-50-29-38)24-42(23-40)54-27-36-9-3-6-33(18-36)21-45(48(59)60)39-12-15-51-30-39/h1-9,16-18,22-24,37-39,43-45,49-54H,10-15,19-21,25-30H2,(H,55,56)(H,57,58)(H,59,60). The summed E-state index contributed by atoms with van der Waals surface area (Å²) in [6.45, 7) is 6.44. The van der Waals surface area contributed by atoms with Gasteiger partial charge in [0.2, 0.25) is 0 Å². The maximum Gasteiger partial charge on any atom is 0.307 e. The van der Waals surface area contributed by atoms with E-state index in [-0.39, 0.29) is 17.8 Å². The average molecular weight is 817 g/mol. The summed E-state index contributed by atoms with van der Waals surface area (Å²) in [7, 11) is 0. The summed E-state index contributed by atoms with van der Waals surface area (Å²) in [6, 6.07) is 30.7. The third-order valence-electron chi connectivity index (χ3n) is 12.7. The van der Waals surface area contributed by atoms with E-state index in [4.69, 9.17) is 0 Å². The topological polar surface area (TPSA) is 184 Å². The summed E-state index contributed by atoms with van der Waals surface area (Å²) in [6.07, 6.45) is 4.12. The van der Waals surface area contributed by atoms with Gasteiger partial charge in [-0.1, -0.05) is 72.8 Å². The number of rotatable bonds is 21. The minimum Gasteiger partial charge on any atom is -0.481 e. The van der Waals surface area contributed by atoms with Crippen molar-refractivity contribution in [1.82, 2.24) is 16.0 Å². The van der Waals surface area contributed by atoms with Crippen LogP contribution in [0.3, 0.4) is 0 Å². The fraction of sp³-hybridized carbons (Fsp3) is 0.438. The number of carbonyl (C=O) groups is 3. The Hall–Kier alpha value is -5.43. The van der Waals surface area contributed by atoms with Crippen LogP contribution in [0.4, 0.5) is 17.1 Å². The lowest BCUT2D eigenvalue weighted by Crippen LogP contribution is -2.27. The maximum absolute atomic E-state index is 12.2. The van der Waals surface area contributed by atoms with Gasteiger partial charge >= 0.3 is 17.9 Å². The highest BCUT2D eigenvalue weighted by Crippen LogP contribution is 2.29. The highest BCUT2D eigenvalue weighted by Gasteiger charge is 2.32. The molecular weight excluding hydrogens is 757 g/mol. The van der Waals surface area contributed by atoms with E-state index in [1.165, 1.54) is 0 Å². The Balaban J connectivity index is 1.05. The van der Waals surface area contributed by atoms with E-state index in [0.29, 0.717) is 38.9 Å². The molecule has 0 aromatic heterocycles. The van der Waals surface area contributed by atoms with Gasteiger partial charge in [-0.2, -0.15) is 0 Å². The van der Waals surface area contributed by atoms with Crippen molar-refractivity contribution < 1.29 is 29.7 Å². The van der Waals surface area contributed by atoms with Gasteiger partial charge in [0.05, 0.1) is 17.8 Å². The quantitative estimate of drug-likeness (QED) is 0.0473. The van der Waals surface area contributed by atoms with Gasteiger partial charge in [-0.3, -0.25) is 14.4 Å². The van der Waals surface area contributed by atoms with Crippen LogP contribution in [0.25, 0.3) is 0 Å². The fourth-order valence-corrected chi connectivity index (χ4v) is 9.34. The molecule has 3 heterocycles. The van der Waals surface area contributed by atoms with Crippen molar-refractivity contribution in [3.63, 3.8) is 0 Å². The van der Waals surface area contributed by atoms with Crippen LogP contribution in [0.1, 0.15) is 52.6 Å². The molecule has 6 atom stereocenters. The third kappa shape index (κ3) is 11.9. The normalized spacial score (nSPS) is 20.3. The van der Waals surface area contributed by atoms with Gasteiger partial charge in [-0.05, 0) is 147 Å². The van der Waals surface area contributed by atoms with Crippen LogP contribution in [0.15, 0.2) is 91.0 Å². The van der Waals surface area contributed by atoms with Crippen LogP contribution in [-0.2, 0) is 53.3 Å². The predicted molar refractivity (Wildman–Crippen MR) is 235 cm³/mol. The highest BCUT2D eigenvalue weighted by atomic mass is 16.4. The molecule has 4 aromatic carbocycles. The molecule has 3 fully saturated rings. The smallest absolute Gasteiger partial charge is 0.307 e. The van der Waals surface area contributed by atoms with Gasteiger partial charge in [0, 0.05) is 36.7 Å². The fourth-order valence-electron chi connectivity index (χ4n) is 9.34. The first-order valence-electron chi connectivity index (χ1n) is 21.6. The molecule has 0 amide bonds. The second-order valence-corrected chi connectivity index (χ2v) is 17.0. The number of hydrogen-bond acceptors (Lipinski definition) is 9. The van der Waals surface area contributed by atoms with Gasteiger partial charge in [-0.15, -0.1) is 0 Å². The van der Waals surface area contributed by atoms with E-state index in [1.54, 1.807) is 0 Å². The number of anilines is 3. The van der Waals surface area contributed by atoms with Crippen LogP contribution >= 0.6 is 0 Å². The van der Waals surface area contributed by atoms with Crippen molar-refractivity contribution in [2.24, 2.45) is 35.5 Å². The maximum atomic E-state index is 12.2. The lowest BCUT2D eigenvalue weighted by molar-refractivity contribution is -0.144. The van der Waals surface area contributed by atoms with Crippen LogP contribution in [0, 0.1) is 35.5 Å². The first-order valence-corrected chi connectivity index (χ1v) is 21.6. The van der Waals surface area contributed by atoms with E-state index >= 15 is 0 Å². The zero-order valence-electron chi connectivity index (χ0n) is 34.3. The number of carboxylic acid groups (broad SMARTS) is 3. The van der Waals surface area contributed by atoms with Crippen molar-refractivity contribution >= 4 is 35.0 Å². The highest BCUT2D eigenvalue weighted by molar-refractivity contribution is 5.72. The lowest BCUT2D eigenvalue weighted by Gasteiger charge is -2.19. The van der Waals surface area contributed by atoms with Crippen molar-refractivity contribution in [3.05, 3.63) is 124 Å². The molecule has 7 rings (SSSR count). The first-order chi connectivity index (χ1) is 29.2. The number of hydrogen-bond donors (Lipinski definition) is 9. The van der Waals surface area contributed by atoms with Gasteiger partial charge in [0.15, 0.2) is 0 Å². The Labute approximate surface area is 353 Å². The number of aliphatic carboxylic acids is 3. The summed E-state index contributed by atoms with van der Waals surface area (Å²) >= 11 is 0. The van der Waals surface area contributed by atoms with E-state index < -0.39 is 35.7 Å². The Kier molecular flexibility index (Phi) is 14.7. The molecule has 3 aliphatic rings. The molecule has 318 valence electrons. The van der Waals surface area contributed by atoms with Crippen LogP contribution in [0.5, 0.6) is 0 Å². The van der Waals surface area contributed by atoms with E-state index in [0.717, 1.165) is 109 Å². The molecule has 3 aliphatic heterocycles. The lowest BCUT2D eigenvalue weighted by atomic mass is 9.86. The zero-order chi connectivity index (χ0) is 41.8. The molecule has 3 saturated heterocycles. The molecule has 0 radical (unpaired) electrons. The molecule has 0 spiro atoms. The largest absolute Gasteiger partial charge is 0.481 e. The van der Waals surface area contributed by atoms with Crippen molar-refractivity contribution in [3.8, 4) is 0 Å². The molecular formula is C48H60N6O6. The monoisotopic (exact) mass is 816 g/mol. The second kappa shape index (κ2) is 20.7. The number of benzene rings is 4.